The largest absolute Gasteiger partial charge is 0.294 e. The Balaban J connectivity index is 2.39. The number of rotatable bonds is 2. The topological polar surface area (TPSA) is 17.1 Å². The minimum Gasteiger partial charge on any atom is -0.294 e. The molecule has 0 N–H and O–H groups in total. The number of carbonyl (C=O) groups excluding carboxylic acids is 1. The number of hydrogen-bond acceptors (Lipinski definition) is 1. The molecule has 1 aliphatic carbocycles. The van der Waals surface area contributed by atoms with Gasteiger partial charge in [-0.25, -0.2) is 0 Å². The number of alkyl halides is 1. The van der Waals surface area contributed by atoms with Gasteiger partial charge in [0.15, 0.2) is 5.78 Å². The Labute approximate surface area is 102 Å². The van der Waals surface area contributed by atoms with Crippen LogP contribution in [0.3, 0.4) is 0 Å². The van der Waals surface area contributed by atoms with Crippen molar-refractivity contribution in [3.05, 3.63) is 39.9 Å². The average Bonchev–Trinajstić information content (AvgIpc) is 2.27. The molecule has 0 fully saturated rings. The van der Waals surface area contributed by atoms with Crippen LogP contribution < -0.4 is 0 Å². The first-order valence-electron chi connectivity index (χ1n) is 4.79. The van der Waals surface area contributed by atoms with Crippen molar-refractivity contribution in [1.29, 1.82) is 0 Å². The second-order valence-electron chi connectivity index (χ2n) is 3.57. The van der Waals surface area contributed by atoms with Gasteiger partial charge in [-0.3, -0.25) is 4.79 Å². The molecule has 3 heteroatoms. The maximum atomic E-state index is 11.5. The van der Waals surface area contributed by atoms with E-state index in [0.717, 1.165) is 29.0 Å². The zero-order valence-corrected chi connectivity index (χ0v) is 10.4. The molecule has 15 heavy (non-hydrogen) atoms. The first-order chi connectivity index (χ1) is 7.20. The lowest BCUT2D eigenvalue weighted by atomic mass is 9.91. The summed E-state index contributed by atoms with van der Waals surface area (Å²) in [4.78, 5) is 11.5. The second-order valence-corrected chi connectivity index (χ2v) is 4.57. The lowest BCUT2D eigenvalue weighted by molar-refractivity contribution is -0.113. The summed E-state index contributed by atoms with van der Waals surface area (Å²) in [5, 5.41) is 1.12. The summed E-state index contributed by atoms with van der Waals surface area (Å²) in [6.07, 6.45) is 3.71. The zero-order chi connectivity index (χ0) is 10.8. The Bertz CT molecular complexity index is 437. The lowest BCUT2D eigenvalue weighted by Crippen LogP contribution is -2.09. The van der Waals surface area contributed by atoms with Crippen LogP contribution in [-0.4, -0.2) is 11.1 Å². The van der Waals surface area contributed by atoms with E-state index >= 15 is 0 Å². The predicted molar refractivity (Wildman–Crippen MR) is 66.6 cm³/mol. The highest BCUT2D eigenvalue weighted by Gasteiger charge is 2.15. The van der Waals surface area contributed by atoms with Crippen molar-refractivity contribution >= 4 is 39.4 Å². The van der Waals surface area contributed by atoms with Gasteiger partial charge in [0, 0.05) is 5.02 Å². The number of carbonyl (C=O) groups is 1. The average molecular weight is 286 g/mol. The number of allylic oxidation sites excluding steroid dienone is 1. The smallest absolute Gasteiger partial charge is 0.169 e. The summed E-state index contributed by atoms with van der Waals surface area (Å²) < 4.78 is 0. The standard InChI is InChI=1S/C12H10BrClO/c13-7-12(15)9-2-1-8-3-4-11(14)6-10(8)5-9/h3-6H,1-2,7H2. The molecule has 0 bridgehead atoms. The first kappa shape index (κ1) is 10.9. The molecule has 0 aliphatic heterocycles. The molecule has 0 saturated heterocycles. The van der Waals surface area contributed by atoms with Gasteiger partial charge in [-0.15, -0.1) is 0 Å². The SMILES string of the molecule is O=C(CBr)C1=Cc2cc(Cl)ccc2CC1. The van der Waals surface area contributed by atoms with Gasteiger partial charge in [-0.1, -0.05) is 33.6 Å². The van der Waals surface area contributed by atoms with E-state index in [1.807, 2.05) is 24.3 Å². The van der Waals surface area contributed by atoms with Crippen molar-refractivity contribution in [3.63, 3.8) is 0 Å². The van der Waals surface area contributed by atoms with E-state index in [1.54, 1.807) is 0 Å². The second kappa shape index (κ2) is 4.50. The van der Waals surface area contributed by atoms with Crippen molar-refractivity contribution in [2.24, 2.45) is 0 Å². The summed E-state index contributed by atoms with van der Waals surface area (Å²) in [5.41, 5.74) is 3.24. The molecule has 1 aromatic rings. The number of fused-ring (bicyclic) bond motifs is 1. The van der Waals surface area contributed by atoms with E-state index < -0.39 is 0 Å². The van der Waals surface area contributed by atoms with E-state index in [0.29, 0.717) is 5.33 Å². The van der Waals surface area contributed by atoms with Crippen LogP contribution in [0, 0.1) is 0 Å². The Morgan fingerprint density at radius 3 is 2.93 bits per heavy atom. The van der Waals surface area contributed by atoms with Crippen LogP contribution in [0.4, 0.5) is 0 Å². The molecular formula is C12H10BrClO. The Hall–Kier alpha value is -0.600. The van der Waals surface area contributed by atoms with E-state index in [2.05, 4.69) is 15.9 Å². The monoisotopic (exact) mass is 284 g/mol. The van der Waals surface area contributed by atoms with Crippen LogP contribution in [0.15, 0.2) is 23.8 Å². The molecule has 0 heterocycles. The number of halogens is 2. The van der Waals surface area contributed by atoms with Gasteiger partial charge in [0.2, 0.25) is 0 Å². The number of hydrogen-bond donors (Lipinski definition) is 0. The molecule has 0 atom stereocenters. The lowest BCUT2D eigenvalue weighted by Gasteiger charge is -2.15. The summed E-state index contributed by atoms with van der Waals surface area (Å²) in [5.74, 6) is 0.167. The van der Waals surface area contributed by atoms with Gasteiger partial charge in [0.1, 0.15) is 0 Å². The zero-order valence-electron chi connectivity index (χ0n) is 8.09. The Kier molecular flexibility index (Phi) is 3.27. The molecule has 0 aromatic heterocycles. The van der Waals surface area contributed by atoms with Crippen LogP contribution in [0.25, 0.3) is 6.08 Å². The van der Waals surface area contributed by atoms with E-state index in [1.165, 1.54) is 5.56 Å². The molecule has 1 aliphatic rings. The number of ketones is 1. The van der Waals surface area contributed by atoms with Gasteiger partial charge in [0.25, 0.3) is 0 Å². The molecule has 0 saturated carbocycles. The fourth-order valence-electron chi connectivity index (χ4n) is 1.76. The normalized spacial score (nSPS) is 14.4. The third-order valence-corrected chi connectivity index (χ3v) is 3.33. The van der Waals surface area contributed by atoms with E-state index in [4.69, 9.17) is 11.6 Å². The third kappa shape index (κ3) is 2.32. The van der Waals surface area contributed by atoms with Gasteiger partial charge < -0.3 is 0 Å². The van der Waals surface area contributed by atoms with Gasteiger partial charge in [0.05, 0.1) is 5.33 Å². The molecule has 2 rings (SSSR count). The molecule has 0 unspecified atom stereocenters. The van der Waals surface area contributed by atoms with Gasteiger partial charge in [-0.2, -0.15) is 0 Å². The molecular weight excluding hydrogens is 275 g/mol. The number of aryl methyl sites for hydroxylation is 1. The quantitative estimate of drug-likeness (QED) is 0.758. The summed E-state index contributed by atoms with van der Waals surface area (Å²) in [6, 6.07) is 5.84. The van der Waals surface area contributed by atoms with Crippen LogP contribution in [0.1, 0.15) is 17.5 Å². The van der Waals surface area contributed by atoms with Crippen LogP contribution >= 0.6 is 27.5 Å². The van der Waals surface area contributed by atoms with E-state index in [9.17, 15) is 4.79 Å². The van der Waals surface area contributed by atoms with Crippen molar-refractivity contribution in [2.75, 3.05) is 5.33 Å². The number of benzene rings is 1. The molecule has 0 amide bonds. The summed E-state index contributed by atoms with van der Waals surface area (Å²) >= 11 is 9.10. The van der Waals surface area contributed by atoms with Crippen molar-refractivity contribution in [3.8, 4) is 0 Å². The minimum absolute atomic E-state index is 0.167. The summed E-state index contributed by atoms with van der Waals surface area (Å²) in [6.45, 7) is 0. The van der Waals surface area contributed by atoms with Crippen LogP contribution in [0.2, 0.25) is 5.02 Å². The summed E-state index contributed by atoms with van der Waals surface area (Å²) in [7, 11) is 0. The molecule has 1 aromatic carbocycles. The molecule has 1 nitrogen and oxygen atoms in total. The highest BCUT2D eigenvalue weighted by molar-refractivity contribution is 9.09. The molecule has 78 valence electrons. The third-order valence-electron chi connectivity index (χ3n) is 2.58. The van der Waals surface area contributed by atoms with Crippen LogP contribution in [-0.2, 0) is 11.2 Å². The molecule has 0 radical (unpaired) electrons. The van der Waals surface area contributed by atoms with Crippen molar-refractivity contribution < 1.29 is 4.79 Å². The highest BCUT2D eigenvalue weighted by Crippen LogP contribution is 2.27. The van der Waals surface area contributed by atoms with Crippen LogP contribution in [0.5, 0.6) is 0 Å². The Morgan fingerprint density at radius 1 is 1.40 bits per heavy atom. The first-order valence-corrected chi connectivity index (χ1v) is 6.29. The Morgan fingerprint density at radius 2 is 2.20 bits per heavy atom. The van der Waals surface area contributed by atoms with Gasteiger partial charge >= 0.3 is 0 Å². The molecule has 0 spiro atoms. The maximum Gasteiger partial charge on any atom is 0.169 e. The highest BCUT2D eigenvalue weighted by atomic mass is 79.9. The minimum atomic E-state index is 0.167. The van der Waals surface area contributed by atoms with E-state index in [-0.39, 0.29) is 5.78 Å². The van der Waals surface area contributed by atoms with Gasteiger partial charge in [-0.05, 0) is 47.8 Å². The van der Waals surface area contributed by atoms with Crippen molar-refractivity contribution in [2.45, 2.75) is 12.8 Å². The maximum absolute atomic E-state index is 11.5. The predicted octanol–water partition coefficient (Wildman–Crippen LogP) is 3.63. The fraction of sp³-hybridized carbons (Fsp3) is 0.250. The van der Waals surface area contributed by atoms with Crippen molar-refractivity contribution in [1.82, 2.24) is 0 Å². The number of Topliss-reactive ketones (excluding diaryl/α,β-unsaturated/α-hetero) is 1. The fourth-order valence-corrected chi connectivity index (χ4v) is 2.30.